The first-order chi connectivity index (χ1) is 17.9. The van der Waals surface area contributed by atoms with Crippen LogP contribution in [0, 0.1) is 5.92 Å². The SMILES string of the molecule is CCN1CCN(C(=O)NC(C(=O)C[C@H]2Cc3cccc(C(=O)O)c3OB2O)C2CCS(=O)(=O)C2)C(=O)C1=O. The number of nitrogens with zero attached hydrogens (tertiary/aromatic N) is 2. The first-order valence-corrected chi connectivity index (χ1v) is 14.1. The molecule has 0 aromatic heterocycles. The lowest BCUT2D eigenvalue weighted by Gasteiger charge is -2.34. The van der Waals surface area contributed by atoms with Gasteiger partial charge in [-0.2, -0.15) is 0 Å². The van der Waals surface area contributed by atoms with Gasteiger partial charge in [-0.25, -0.2) is 18.0 Å². The Morgan fingerprint density at radius 3 is 2.58 bits per heavy atom. The molecule has 3 atom stereocenters. The summed E-state index contributed by atoms with van der Waals surface area (Å²) in [7, 11) is -4.95. The van der Waals surface area contributed by atoms with Crippen molar-refractivity contribution in [1.29, 1.82) is 0 Å². The number of benzene rings is 1. The van der Waals surface area contributed by atoms with Crippen molar-refractivity contribution in [2.24, 2.45) is 5.92 Å². The summed E-state index contributed by atoms with van der Waals surface area (Å²) in [6, 6.07) is 2.21. The molecule has 204 valence electrons. The van der Waals surface area contributed by atoms with E-state index in [0.717, 1.165) is 0 Å². The molecule has 1 aromatic carbocycles. The third kappa shape index (κ3) is 5.53. The van der Waals surface area contributed by atoms with Crippen molar-refractivity contribution in [3.63, 3.8) is 0 Å². The molecule has 0 radical (unpaired) electrons. The van der Waals surface area contributed by atoms with Crippen LogP contribution >= 0.6 is 0 Å². The lowest BCUT2D eigenvalue weighted by Crippen LogP contribution is -2.60. The topological polar surface area (TPSA) is 188 Å². The quantitative estimate of drug-likeness (QED) is 0.291. The molecule has 2 unspecified atom stereocenters. The maximum atomic E-state index is 13.5. The summed E-state index contributed by atoms with van der Waals surface area (Å²) in [4.78, 5) is 64.6. The third-order valence-corrected chi connectivity index (χ3v) is 9.01. The molecule has 3 heterocycles. The van der Waals surface area contributed by atoms with Gasteiger partial charge < -0.3 is 25.0 Å². The van der Waals surface area contributed by atoms with Crippen molar-refractivity contribution in [2.75, 3.05) is 31.1 Å². The van der Waals surface area contributed by atoms with Gasteiger partial charge in [0.2, 0.25) is 0 Å². The number of amides is 4. The van der Waals surface area contributed by atoms with Crippen molar-refractivity contribution >= 4 is 46.6 Å². The van der Waals surface area contributed by atoms with E-state index >= 15 is 0 Å². The predicted octanol–water partition coefficient (Wildman–Crippen LogP) is -0.667. The number of carbonyl (C=O) groups is 5. The maximum Gasteiger partial charge on any atom is 0.526 e. The summed E-state index contributed by atoms with van der Waals surface area (Å²) in [6.45, 7) is 2.05. The van der Waals surface area contributed by atoms with Gasteiger partial charge in [0.15, 0.2) is 15.6 Å². The molecule has 0 bridgehead atoms. The first-order valence-electron chi connectivity index (χ1n) is 12.3. The van der Waals surface area contributed by atoms with E-state index < -0.39 is 64.3 Å². The lowest BCUT2D eigenvalue weighted by atomic mass is 9.64. The highest BCUT2D eigenvalue weighted by molar-refractivity contribution is 7.91. The van der Waals surface area contributed by atoms with E-state index in [1.54, 1.807) is 13.0 Å². The second-order valence-corrected chi connectivity index (χ2v) is 11.9. The Balaban J connectivity index is 1.52. The number of hydrogen-bond acceptors (Lipinski definition) is 9. The Kier molecular flexibility index (Phi) is 7.79. The zero-order valence-corrected chi connectivity index (χ0v) is 21.5. The monoisotopic (exact) mass is 549 g/mol. The van der Waals surface area contributed by atoms with Crippen molar-refractivity contribution in [2.45, 2.75) is 38.0 Å². The van der Waals surface area contributed by atoms with Crippen molar-refractivity contribution in [1.82, 2.24) is 15.1 Å². The van der Waals surface area contributed by atoms with Gasteiger partial charge in [-0.15, -0.1) is 0 Å². The number of rotatable bonds is 7. The number of aromatic carboxylic acids is 1. The van der Waals surface area contributed by atoms with Gasteiger partial charge in [-0.05, 0) is 31.4 Å². The van der Waals surface area contributed by atoms with Crippen LogP contribution in [0.4, 0.5) is 4.79 Å². The number of urea groups is 1. The zero-order chi connectivity index (χ0) is 27.8. The number of sulfone groups is 1. The average molecular weight is 549 g/mol. The molecule has 0 aliphatic carbocycles. The number of ketones is 1. The summed E-state index contributed by atoms with van der Waals surface area (Å²) in [6.07, 6.45) is -0.0844. The smallest absolute Gasteiger partial charge is 0.526 e. The first kappa shape index (κ1) is 27.6. The van der Waals surface area contributed by atoms with E-state index in [4.69, 9.17) is 4.65 Å². The van der Waals surface area contributed by atoms with Crippen molar-refractivity contribution in [3.05, 3.63) is 29.3 Å². The van der Waals surface area contributed by atoms with E-state index in [0.29, 0.717) is 17.0 Å². The lowest BCUT2D eigenvalue weighted by molar-refractivity contribution is -0.153. The number of carboxylic acids is 1. The number of nitrogens with one attached hydrogen (secondary N) is 1. The second-order valence-electron chi connectivity index (χ2n) is 9.67. The Labute approximate surface area is 219 Å². The molecule has 13 nitrogen and oxygen atoms in total. The number of fused-ring (bicyclic) bond motifs is 1. The van der Waals surface area contributed by atoms with Crippen LogP contribution in [0.2, 0.25) is 5.82 Å². The van der Waals surface area contributed by atoms with Crippen LogP contribution in [-0.4, -0.2) is 102 Å². The summed E-state index contributed by atoms with van der Waals surface area (Å²) in [5, 5.41) is 22.4. The van der Waals surface area contributed by atoms with Crippen molar-refractivity contribution < 1.29 is 47.2 Å². The van der Waals surface area contributed by atoms with Gasteiger partial charge in [-0.1, -0.05) is 12.1 Å². The molecule has 0 spiro atoms. The highest BCUT2D eigenvalue weighted by atomic mass is 32.2. The summed E-state index contributed by atoms with van der Waals surface area (Å²) in [5.74, 6) is -5.74. The van der Waals surface area contributed by atoms with Gasteiger partial charge in [0.25, 0.3) is 0 Å². The molecule has 2 fully saturated rings. The highest BCUT2D eigenvalue weighted by Gasteiger charge is 2.44. The summed E-state index contributed by atoms with van der Waals surface area (Å²) < 4.78 is 29.7. The Morgan fingerprint density at radius 2 is 1.95 bits per heavy atom. The van der Waals surface area contributed by atoms with E-state index in [9.17, 15) is 42.5 Å². The number of Topliss-reactive ketones (excluding diaryl/α,β-unsaturated/α-hetero) is 1. The van der Waals surface area contributed by atoms with Crippen LogP contribution in [-0.2, 0) is 30.6 Å². The maximum absolute atomic E-state index is 13.5. The average Bonchev–Trinajstić information content (AvgIpc) is 3.23. The molecule has 15 heteroatoms. The fourth-order valence-corrected chi connectivity index (χ4v) is 6.98. The molecule has 4 amide bonds. The van der Waals surface area contributed by atoms with Gasteiger partial charge >= 0.3 is 30.9 Å². The van der Waals surface area contributed by atoms with Crippen LogP contribution in [0.5, 0.6) is 5.75 Å². The van der Waals surface area contributed by atoms with E-state index in [-0.39, 0.29) is 55.2 Å². The van der Waals surface area contributed by atoms with Gasteiger partial charge in [-0.3, -0.25) is 19.3 Å². The van der Waals surface area contributed by atoms with Crippen LogP contribution < -0.4 is 9.97 Å². The molecule has 0 saturated carbocycles. The number of imide groups is 1. The number of hydrogen-bond donors (Lipinski definition) is 3. The molecule has 1 aromatic rings. The van der Waals surface area contributed by atoms with Crippen LogP contribution in [0.25, 0.3) is 0 Å². The fraction of sp³-hybridized carbons (Fsp3) is 0.522. The van der Waals surface area contributed by atoms with Gasteiger partial charge in [0.05, 0.1) is 23.1 Å². The van der Waals surface area contributed by atoms with Crippen LogP contribution in [0.15, 0.2) is 18.2 Å². The Bertz CT molecular complexity index is 1290. The number of likely N-dealkylation sites (N-methyl/N-ethyl adjacent to an activating group) is 1. The van der Waals surface area contributed by atoms with Crippen LogP contribution in [0.3, 0.4) is 0 Å². The van der Waals surface area contributed by atoms with E-state index in [1.807, 2.05) is 0 Å². The molecular weight excluding hydrogens is 521 g/mol. The third-order valence-electron chi connectivity index (χ3n) is 7.21. The minimum atomic E-state index is -3.44. The largest absolute Gasteiger partial charge is 0.535 e. The molecule has 3 N–H and O–H groups in total. The normalized spacial score (nSPS) is 23.5. The number of para-hydroxylation sites is 1. The fourth-order valence-electron chi connectivity index (χ4n) is 5.14. The minimum absolute atomic E-state index is 0.0114. The molecule has 2 saturated heterocycles. The standard InChI is InChI=1S/C23H28BN3O10S/c1-2-26-7-8-27(21(30)20(26)29)23(33)25-18(14-6-9-38(35,36)12-14)17(28)11-15-10-13-4-3-5-16(22(31)32)19(13)37-24(15)34/h3-5,14-15,18,34H,2,6-12H2,1H3,(H,25,33)(H,31,32)/t14?,15-,18?/m1/s1. The predicted molar refractivity (Wildman–Crippen MR) is 132 cm³/mol. The van der Waals surface area contributed by atoms with Gasteiger partial charge in [0.1, 0.15) is 5.75 Å². The van der Waals surface area contributed by atoms with Gasteiger partial charge in [0, 0.05) is 37.8 Å². The summed E-state index contributed by atoms with van der Waals surface area (Å²) >= 11 is 0. The Morgan fingerprint density at radius 1 is 1.21 bits per heavy atom. The molecule has 3 aliphatic heterocycles. The van der Waals surface area contributed by atoms with Crippen molar-refractivity contribution in [3.8, 4) is 5.75 Å². The van der Waals surface area contributed by atoms with Crippen LogP contribution in [0.1, 0.15) is 35.7 Å². The Hall–Kier alpha value is -3.46. The summed E-state index contributed by atoms with van der Waals surface area (Å²) in [5.41, 5.74) is 0.352. The number of piperazine rings is 1. The molecule has 38 heavy (non-hydrogen) atoms. The number of carbonyl (C=O) groups excluding carboxylic acids is 4. The minimum Gasteiger partial charge on any atom is -0.535 e. The van der Waals surface area contributed by atoms with E-state index in [2.05, 4.69) is 5.32 Å². The van der Waals surface area contributed by atoms with E-state index in [1.165, 1.54) is 17.0 Å². The highest BCUT2D eigenvalue weighted by Crippen LogP contribution is 2.37. The molecule has 4 rings (SSSR count). The second kappa shape index (κ2) is 10.7. The molecule has 3 aliphatic rings. The molecular formula is C23H28BN3O10S. The number of carboxylic acid groups (broad SMARTS) is 1. The zero-order valence-electron chi connectivity index (χ0n) is 20.7.